The van der Waals surface area contributed by atoms with Crippen LogP contribution in [-0.4, -0.2) is 73.1 Å². The van der Waals surface area contributed by atoms with Gasteiger partial charge in [-0.2, -0.15) is 0 Å². The monoisotopic (exact) mass is 482 g/mol. The maximum atomic E-state index is 14.0. The van der Waals surface area contributed by atoms with E-state index in [2.05, 4.69) is 10.6 Å². The highest BCUT2D eigenvalue weighted by Gasteiger charge is 2.54. The van der Waals surface area contributed by atoms with Crippen LogP contribution in [-0.2, 0) is 14.4 Å². The highest BCUT2D eigenvalue weighted by Crippen LogP contribution is 2.35. The van der Waals surface area contributed by atoms with Crippen molar-refractivity contribution in [2.24, 2.45) is 11.8 Å². The normalized spacial score (nSPS) is 25.1. The summed E-state index contributed by atoms with van der Waals surface area (Å²) in [4.78, 5) is 56.8. The molecule has 35 heavy (non-hydrogen) atoms. The fourth-order valence-corrected chi connectivity index (χ4v) is 5.83. The smallest absolute Gasteiger partial charge is 0.251 e. The minimum atomic E-state index is -0.804. The minimum Gasteiger partial charge on any atom is -0.378 e. The summed E-state index contributed by atoms with van der Waals surface area (Å²) in [6, 6.07) is 4.95. The third-order valence-electron chi connectivity index (χ3n) is 7.66. The molecule has 0 spiro atoms. The second-order valence-electron chi connectivity index (χ2n) is 10.9. The van der Waals surface area contributed by atoms with E-state index < -0.39 is 18.1 Å². The van der Waals surface area contributed by atoms with Crippen LogP contribution in [0.4, 0.5) is 5.69 Å². The SMILES string of the molecule is CC(C)C[C@H](NC(=O)c1ccc(N(C)C)cc1)C(=O)N1C(C(=O)C2CCCC2)CC2NCC(=O)C21. The Bertz CT molecular complexity index is 968. The van der Waals surface area contributed by atoms with Gasteiger partial charge in [0.2, 0.25) is 5.91 Å². The Kier molecular flexibility index (Phi) is 7.59. The van der Waals surface area contributed by atoms with Gasteiger partial charge in [-0.05, 0) is 55.9 Å². The Morgan fingerprint density at radius 3 is 2.37 bits per heavy atom. The van der Waals surface area contributed by atoms with Crippen molar-refractivity contribution in [1.29, 1.82) is 0 Å². The molecule has 2 saturated heterocycles. The molecule has 8 nitrogen and oxygen atoms in total. The van der Waals surface area contributed by atoms with Gasteiger partial charge < -0.3 is 20.4 Å². The molecule has 1 aromatic rings. The molecular formula is C27H38N4O4. The summed E-state index contributed by atoms with van der Waals surface area (Å²) in [6.45, 7) is 4.20. The summed E-state index contributed by atoms with van der Waals surface area (Å²) < 4.78 is 0. The van der Waals surface area contributed by atoms with E-state index in [1.807, 2.05) is 45.0 Å². The molecule has 0 aromatic heterocycles. The lowest BCUT2D eigenvalue weighted by Crippen LogP contribution is -2.56. The number of Topliss-reactive ketones (excluding diaryl/α,β-unsaturated/α-hetero) is 2. The van der Waals surface area contributed by atoms with Crippen molar-refractivity contribution < 1.29 is 19.2 Å². The predicted octanol–water partition coefficient (Wildman–Crippen LogP) is 2.17. The maximum Gasteiger partial charge on any atom is 0.251 e. The number of hydrogen-bond acceptors (Lipinski definition) is 6. The first-order valence-electron chi connectivity index (χ1n) is 12.9. The highest BCUT2D eigenvalue weighted by atomic mass is 16.2. The number of nitrogens with zero attached hydrogens (tertiary/aromatic N) is 2. The van der Waals surface area contributed by atoms with Crippen molar-refractivity contribution in [1.82, 2.24) is 15.5 Å². The lowest BCUT2D eigenvalue weighted by Gasteiger charge is -2.33. The van der Waals surface area contributed by atoms with Crippen LogP contribution < -0.4 is 15.5 Å². The van der Waals surface area contributed by atoms with Crippen LogP contribution in [0.25, 0.3) is 0 Å². The average molecular weight is 483 g/mol. The summed E-state index contributed by atoms with van der Waals surface area (Å²) in [5.74, 6) is -0.539. The van der Waals surface area contributed by atoms with E-state index in [0.717, 1.165) is 31.4 Å². The van der Waals surface area contributed by atoms with Gasteiger partial charge >= 0.3 is 0 Å². The van der Waals surface area contributed by atoms with Gasteiger partial charge in [-0.15, -0.1) is 0 Å². The van der Waals surface area contributed by atoms with Gasteiger partial charge in [0.25, 0.3) is 5.91 Å². The van der Waals surface area contributed by atoms with Crippen LogP contribution in [0, 0.1) is 11.8 Å². The Labute approximate surface area is 207 Å². The van der Waals surface area contributed by atoms with Crippen LogP contribution in [0.15, 0.2) is 24.3 Å². The molecule has 4 atom stereocenters. The van der Waals surface area contributed by atoms with Crippen LogP contribution in [0.5, 0.6) is 0 Å². The number of anilines is 1. The maximum absolute atomic E-state index is 14.0. The van der Waals surface area contributed by atoms with Crippen molar-refractivity contribution in [2.45, 2.75) is 76.5 Å². The first kappa shape index (κ1) is 25.4. The number of fused-ring (bicyclic) bond motifs is 1. The molecule has 2 aliphatic heterocycles. The fraction of sp³-hybridized carbons (Fsp3) is 0.630. The summed E-state index contributed by atoms with van der Waals surface area (Å²) in [6.07, 6.45) is 4.65. The number of likely N-dealkylation sites (tertiary alicyclic amines) is 1. The number of carbonyl (C=O) groups is 4. The van der Waals surface area contributed by atoms with Gasteiger partial charge in [-0.25, -0.2) is 0 Å². The molecule has 3 aliphatic rings. The lowest BCUT2D eigenvalue weighted by molar-refractivity contribution is -0.145. The predicted molar refractivity (Wildman–Crippen MR) is 134 cm³/mol. The quantitative estimate of drug-likeness (QED) is 0.589. The molecule has 0 radical (unpaired) electrons. The standard InChI is InChI=1S/C27H38N4O4/c1-16(2)13-21(29-26(34)18-9-11-19(12-10-18)30(3)4)27(35)31-22(25(33)17-7-5-6-8-17)14-20-24(31)23(32)15-28-20/h9-12,16-17,20-22,24,28H,5-8,13-15H2,1-4H3,(H,29,34)/t20?,21-,22?,24?/m0/s1. The van der Waals surface area contributed by atoms with Gasteiger partial charge in [0.1, 0.15) is 12.1 Å². The van der Waals surface area contributed by atoms with Gasteiger partial charge in [-0.1, -0.05) is 26.7 Å². The van der Waals surface area contributed by atoms with Gasteiger partial charge in [0, 0.05) is 37.3 Å². The van der Waals surface area contributed by atoms with Crippen molar-refractivity contribution in [3.63, 3.8) is 0 Å². The largest absolute Gasteiger partial charge is 0.378 e. The molecule has 2 N–H and O–H groups in total. The second-order valence-corrected chi connectivity index (χ2v) is 10.9. The third kappa shape index (κ3) is 5.27. The fourth-order valence-electron chi connectivity index (χ4n) is 5.83. The van der Waals surface area contributed by atoms with E-state index >= 15 is 0 Å². The Balaban J connectivity index is 1.58. The zero-order chi connectivity index (χ0) is 25.3. The first-order chi connectivity index (χ1) is 16.7. The molecule has 1 aliphatic carbocycles. The van der Waals surface area contributed by atoms with E-state index in [1.165, 1.54) is 4.90 Å². The Morgan fingerprint density at radius 1 is 1.11 bits per heavy atom. The molecule has 3 unspecified atom stereocenters. The average Bonchev–Trinajstić information content (AvgIpc) is 3.56. The summed E-state index contributed by atoms with van der Waals surface area (Å²) in [5, 5.41) is 6.13. The Morgan fingerprint density at radius 2 is 1.77 bits per heavy atom. The van der Waals surface area contributed by atoms with Crippen molar-refractivity contribution in [2.75, 3.05) is 25.5 Å². The molecule has 0 bridgehead atoms. The molecule has 2 heterocycles. The zero-order valence-electron chi connectivity index (χ0n) is 21.3. The van der Waals surface area contributed by atoms with E-state index in [0.29, 0.717) is 18.4 Å². The summed E-state index contributed by atoms with van der Waals surface area (Å²) in [5.41, 5.74) is 1.44. The molecule has 1 aromatic carbocycles. The summed E-state index contributed by atoms with van der Waals surface area (Å²) >= 11 is 0. The third-order valence-corrected chi connectivity index (χ3v) is 7.66. The number of hydrogen-bond donors (Lipinski definition) is 2. The van der Waals surface area contributed by atoms with Crippen LogP contribution >= 0.6 is 0 Å². The number of rotatable bonds is 8. The molecular weight excluding hydrogens is 444 g/mol. The van der Waals surface area contributed by atoms with Crippen molar-refractivity contribution in [3.8, 4) is 0 Å². The summed E-state index contributed by atoms with van der Waals surface area (Å²) in [7, 11) is 3.86. The van der Waals surface area contributed by atoms with Crippen LogP contribution in [0.1, 0.15) is 62.7 Å². The van der Waals surface area contributed by atoms with E-state index in [4.69, 9.17) is 0 Å². The van der Waals surface area contributed by atoms with Crippen LogP contribution in [0.3, 0.4) is 0 Å². The Hall–Kier alpha value is -2.74. The van der Waals surface area contributed by atoms with E-state index in [9.17, 15) is 19.2 Å². The molecule has 8 heteroatoms. The lowest BCUT2D eigenvalue weighted by atomic mass is 9.94. The minimum absolute atomic E-state index is 0.0439. The van der Waals surface area contributed by atoms with E-state index in [1.54, 1.807) is 12.1 Å². The molecule has 3 fully saturated rings. The second kappa shape index (κ2) is 10.5. The molecule has 1 saturated carbocycles. The number of ketones is 2. The first-order valence-corrected chi connectivity index (χ1v) is 12.9. The number of carbonyl (C=O) groups excluding carboxylic acids is 4. The number of benzene rings is 1. The molecule has 2 amide bonds. The van der Waals surface area contributed by atoms with Gasteiger partial charge in [0.05, 0.1) is 12.6 Å². The van der Waals surface area contributed by atoms with Gasteiger partial charge in [-0.3, -0.25) is 19.2 Å². The topological polar surface area (TPSA) is 98.8 Å². The van der Waals surface area contributed by atoms with Crippen molar-refractivity contribution in [3.05, 3.63) is 29.8 Å². The highest BCUT2D eigenvalue weighted by molar-refractivity contribution is 6.02. The number of amides is 2. The molecule has 190 valence electrons. The van der Waals surface area contributed by atoms with Crippen LogP contribution in [0.2, 0.25) is 0 Å². The van der Waals surface area contributed by atoms with E-state index in [-0.39, 0.29) is 47.8 Å². The molecule has 4 rings (SSSR count). The zero-order valence-corrected chi connectivity index (χ0v) is 21.3. The number of nitrogens with one attached hydrogen (secondary N) is 2. The van der Waals surface area contributed by atoms with Gasteiger partial charge in [0.15, 0.2) is 11.6 Å². The van der Waals surface area contributed by atoms with Crippen molar-refractivity contribution >= 4 is 29.1 Å².